The molecule has 0 bridgehead atoms. The molecule has 0 saturated heterocycles. The summed E-state index contributed by atoms with van der Waals surface area (Å²) in [5.41, 5.74) is 2.92. The number of methoxy groups -OCH3 is 1. The molecule has 4 nitrogen and oxygen atoms in total. The lowest BCUT2D eigenvalue weighted by atomic mass is 9.96. The van der Waals surface area contributed by atoms with E-state index in [1.807, 2.05) is 26.0 Å². The van der Waals surface area contributed by atoms with Gasteiger partial charge < -0.3 is 9.84 Å². The minimum atomic E-state index is -0.712. The van der Waals surface area contributed by atoms with E-state index in [1.165, 1.54) is 12.7 Å². The maximum absolute atomic E-state index is 11.3. The van der Waals surface area contributed by atoms with E-state index in [9.17, 15) is 9.59 Å². The Morgan fingerprint density at radius 3 is 2.45 bits per heavy atom. The van der Waals surface area contributed by atoms with E-state index >= 15 is 0 Å². The number of hydrogen-bond acceptors (Lipinski definition) is 3. The van der Waals surface area contributed by atoms with Crippen molar-refractivity contribution in [2.45, 2.75) is 39.5 Å². The smallest absolute Gasteiger partial charge is 0.337 e. The first kappa shape index (κ1) is 16.2. The van der Waals surface area contributed by atoms with E-state index in [0.29, 0.717) is 18.4 Å². The first-order valence-corrected chi connectivity index (χ1v) is 7.02. The largest absolute Gasteiger partial charge is 0.481 e. The predicted molar refractivity (Wildman–Crippen MR) is 77.2 cm³/mol. The van der Waals surface area contributed by atoms with Gasteiger partial charge in [-0.3, -0.25) is 4.79 Å². The highest BCUT2D eigenvalue weighted by molar-refractivity contribution is 5.92. The topological polar surface area (TPSA) is 63.6 Å². The lowest BCUT2D eigenvalue weighted by Gasteiger charge is -2.11. The second-order valence-electron chi connectivity index (χ2n) is 4.60. The van der Waals surface area contributed by atoms with E-state index in [2.05, 4.69) is 4.74 Å². The number of allylic oxidation sites excluding steroid dienone is 4. The highest BCUT2D eigenvalue weighted by atomic mass is 16.5. The van der Waals surface area contributed by atoms with Crippen molar-refractivity contribution in [1.82, 2.24) is 0 Å². The normalized spacial score (nSPS) is 24.6. The summed E-state index contributed by atoms with van der Waals surface area (Å²) < 4.78 is 4.65. The molecule has 110 valence electrons. The molecule has 1 N–H and O–H groups in total. The second-order valence-corrected chi connectivity index (χ2v) is 4.60. The van der Waals surface area contributed by atoms with Gasteiger partial charge in [-0.1, -0.05) is 31.6 Å². The molecule has 0 aromatic carbocycles. The van der Waals surface area contributed by atoms with Gasteiger partial charge in [0.25, 0.3) is 0 Å². The van der Waals surface area contributed by atoms with E-state index in [0.717, 1.165) is 18.4 Å². The van der Waals surface area contributed by atoms with Crippen molar-refractivity contribution in [1.29, 1.82) is 0 Å². The van der Waals surface area contributed by atoms with Crippen LogP contribution in [0.3, 0.4) is 0 Å². The molecule has 0 aliphatic heterocycles. The van der Waals surface area contributed by atoms with Crippen molar-refractivity contribution < 1.29 is 19.4 Å². The van der Waals surface area contributed by atoms with Gasteiger partial charge in [0.05, 0.1) is 18.6 Å². The molecular formula is C16H22O4. The van der Waals surface area contributed by atoms with Crippen LogP contribution in [0.5, 0.6) is 0 Å². The number of rotatable bonds is 2. The minimum absolute atomic E-state index is 0.244. The van der Waals surface area contributed by atoms with E-state index < -0.39 is 5.97 Å². The highest BCUT2D eigenvalue weighted by Gasteiger charge is 2.27. The predicted octanol–water partition coefficient (Wildman–Crippen LogP) is 3.25. The van der Waals surface area contributed by atoms with Crippen LogP contribution >= 0.6 is 0 Å². The fourth-order valence-corrected chi connectivity index (χ4v) is 2.43. The molecular weight excluding hydrogens is 256 g/mol. The van der Waals surface area contributed by atoms with Crippen molar-refractivity contribution in [2.24, 2.45) is 5.92 Å². The molecule has 0 aromatic heterocycles. The molecule has 20 heavy (non-hydrogen) atoms. The fraction of sp³-hybridized carbons (Fsp3) is 0.500. The third-order valence-electron chi connectivity index (χ3n) is 3.52. The van der Waals surface area contributed by atoms with Crippen molar-refractivity contribution in [3.8, 4) is 0 Å². The Morgan fingerprint density at radius 2 is 2.00 bits per heavy atom. The van der Waals surface area contributed by atoms with Gasteiger partial charge >= 0.3 is 11.9 Å². The molecule has 0 unspecified atom stereocenters. The molecule has 1 atom stereocenters. The molecule has 0 heterocycles. The standard InChI is InChI=1S/C14H16O4.C2H6/c1-18-14(17)10-4-2-9(3-5-10)11-6-7-12(8-11)13(15)16;1-2/h2,4-5,12H,3,6-8H2,1H3,(H,15,16);1-2H3/b11-9-;/t12-;/m0./s1. The molecule has 0 radical (unpaired) electrons. The number of carbonyl (C=O) groups is 2. The van der Waals surface area contributed by atoms with Gasteiger partial charge in [0.15, 0.2) is 0 Å². The van der Waals surface area contributed by atoms with Gasteiger partial charge in [-0.05, 0) is 37.3 Å². The molecule has 4 heteroatoms. The zero-order valence-corrected chi connectivity index (χ0v) is 12.3. The number of carboxylic acid groups (broad SMARTS) is 1. The Bertz CT molecular complexity index is 469. The zero-order chi connectivity index (χ0) is 15.1. The Kier molecular flexibility index (Phi) is 6.22. The van der Waals surface area contributed by atoms with Gasteiger partial charge in [0.2, 0.25) is 0 Å². The Hall–Kier alpha value is -1.84. The SMILES string of the molecule is CC.COC(=O)C1=CC/C(=C2/CC[C@H](C(=O)O)C2)C=C1. The second kappa shape index (κ2) is 7.68. The molecule has 2 aliphatic rings. The Labute approximate surface area is 119 Å². The summed E-state index contributed by atoms with van der Waals surface area (Å²) >= 11 is 0. The average molecular weight is 278 g/mol. The molecule has 2 aliphatic carbocycles. The van der Waals surface area contributed by atoms with Gasteiger partial charge in [0, 0.05) is 0 Å². The van der Waals surface area contributed by atoms with Crippen LogP contribution in [-0.4, -0.2) is 24.2 Å². The van der Waals surface area contributed by atoms with Crippen LogP contribution in [0.1, 0.15) is 39.5 Å². The maximum Gasteiger partial charge on any atom is 0.337 e. The first-order valence-electron chi connectivity index (χ1n) is 7.02. The third-order valence-corrected chi connectivity index (χ3v) is 3.52. The molecule has 0 spiro atoms. The number of carbonyl (C=O) groups excluding carboxylic acids is 1. The Morgan fingerprint density at radius 1 is 1.30 bits per heavy atom. The van der Waals surface area contributed by atoms with E-state index in [-0.39, 0.29) is 11.9 Å². The van der Waals surface area contributed by atoms with E-state index in [4.69, 9.17) is 5.11 Å². The van der Waals surface area contributed by atoms with Crippen LogP contribution < -0.4 is 0 Å². The number of ether oxygens (including phenoxy) is 1. The van der Waals surface area contributed by atoms with Gasteiger partial charge in [-0.15, -0.1) is 0 Å². The van der Waals surface area contributed by atoms with Crippen LogP contribution in [0, 0.1) is 5.92 Å². The molecule has 1 saturated carbocycles. The van der Waals surface area contributed by atoms with Crippen molar-refractivity contribution in [3.05, 3.63) is 34.9 Å². The number of esters is 1. The average Bonchev–Trinajstić information content (AvgIpc) is 2.99. The van der Waals surface area contributed by atoms with E-state index in [1.54, 1.807) is 6.08 Å². The minimum Gasteiger partial charge on any atom is -0.481 e. The highest BCUT2D eigenvalue weighted by Crippen LogP contribution is 2.35. The van der Waals surface area contributed by atoms with Crippen molar-refractivity contribution in [3.63, 3.8) is 0 Å². The first-order chi connectivity index (χ1) is 9.61. The summed E-state index contributed by atoms with van der Waals surface area (Å²) in [7, 11) is 1.36. The van der Waals surface area contributed by atoms with Crippen molar-refractivity contribution in [2.75, 3.05) is 7.11 Å². The summed E-state index contributed by atoms with van der Waals surface area (Å²) in [5, 5.41) is 8.96. The summed E-state index contributed by atoms with van der Waals surface area (Å²) in [4.78, 5) is 22.2. The van der Waals surface area contributed by atoms with Gasteiger partial charge in [-0.25, -0.2) is 4.79 Å². The molecule has 0 aromatic rings. The number of carboxylic acids is 1. The van der Waals surface area contributed by atoms with Gasteiger partial charge in [-0.2, -0.15) is 0 Å². The lowest BCUT2D eigenvalue weighted by molar-refractivity contribution is -0.141. The number of hydrogen-bond donors (Lipinski definition) is 1. The molecule has 0 amide bonds. The molecule has 2 rings (SSSR count). The number of aliphatic carboxylic acids is 1. The monoisotopic (exact) mass is 278 g/mol. The fourth-order valence-electron chi connectivity index (χ4n) is 2.43. The van der Waals surface area contributed by atoms with Crippen LogP contribution in [-0.2, 0) is 14.3 Å². The van der Waals surface area contributed by atoms with Gasteiger partial charge in [0.1, 0.15) is 0 Å². The van der Waals surface area contributed by atoms with Crippen molar-refractivity contribution >= 4 is 11.9 Å². The van der Waals surface area contributed by atoms with Crippen LogP contribution in [0.2, 0.25) is 0 Å². The summed E-state index contributed by atoms with van der Waals surface area (Å²) in [5.74, 6) is -1.28. The third kappa shape index (κ3) is 3.83. The Balaban J connectivity index is 0.000000956. The lowest BCUT2D eigenvalue weighted by Crippen LogP contribution is -2.08. The van der Waals surface area contributed by atoms with Crippen LogP contribution in [0.4, 0.5) is 0 Å². The summed E-state index contributed by atoms with van der Waals surface area (Å²) in [6.45, 7) is 4.00. The molecule has 1 fully saturated rings. The van der Waals surface area contributed by atoms with Crippen LogP contribution in [0.25, 0.3) is 0 Å². The maximum atomic E-state index is 11.3. The summed E-state index contributed by atoms with van der Waals surface area (Å²) in [6.07, 6.45) is 8.37. The van der Waals surface area contributed by atoms with Crippen LogP contribution in [0.15, 0.2) is 34.9 Å². The zero-order valence-electron chi connectivity index (χ0n) is 12.3. The summed E-state index contributed by atoms with van der Waals surface area (Å²) in [6, 6.07) is 0. The quantitative estimate of drug-likeness (QED) is 0.787.